The number of nitrogens with zero attached hydrogens (tertiary/aromatic N) is 4. The van der Waals surface area contributed by atoms with E-state index in [9.17, 15) is 9.59 Å². The lowest BCUT2D eigenvalue weighted by atomic mass is 10.1. The van der Waals surface area contributed by atoms with Gasteiger partial charge in [0.15, 0.2) is 5.13 Å². The minimum absolute atomic E-state index is 0.209. The van der Waals surface area contributed by atoms with Crippen molar-refractivity contribution in [2.45, 2.75) is 39.2 Å². The van der Waals surface area contributed by atoms with Crippen molar-refractivity contribution < 1.29 is 0 Å². The zero-order valence-electron chi connectivity index (χ0n) is 14.1. The van der Waals surface area contributed by atoms with Gasteiger partial charge in [0.05, 0.1) is 5.69 Å². The van der Waals surface area contributed by atoms with E-state index in [4.69, 9.17) is 5.73 Å². The summed E-state index contributed by atoms with van der Waals surface area (Å²) in [5, 5.41) is 2.78. The van der Waals surface area contributed by atoms with Crippen LogP contribution in [0.4, 0.5) is 10.9 Å². The van der Waals surface area contributed by atoms with E-state index in [0.29, 0.717) is 17.8 Å². The summed E-state index contributed by atoms with van der Waals surface area (Å²) in [4.78, 5) is 31.7. The molecule has 0 amide bonds. The molecule has 3 rings (SSSR count). The molecule has 8 heteroatoms. The van der Waals surface area contributed by atoms with E-state index in [-0.39, 0.29) is 17.1 Å². The van der Waals surface area contributed by atoms with E-state index in [0.717, 1.165) is 29.2 Å². The van der Waals surface area contributed by atoms with Crippen LogP contribution in [0.3, 0.4) is 0 Å². The standard InChI is InChI=1S/C16H23N5O2S/c1-3-7-21-13(17)12(14(22)19(2)16(21)23)11-10-24-15(18-11)20-8-5-4-6-9-20/h10H,3-9,17H2,1-2H3. The predicted molar refractivity (Wildman–Crippen MR) is 97.8 cm³/mol. The van der Waals surface area contributed by atoms with Crippen molar-refractivity contribution in [3.63, 3.8) is 0 Å². The van der Waals surface area contributed by atoms with Crippen molar-refractivity contribution >= 4 is 22.3 Å². The molecule has 2 N–H and O–H groups in total. The molecule has 0 radical (unpaired) electrons. The first kappa shape index (κ1) is 16.8. The van der Waals surface area contributed by atoms with E-state index in [1.807, 2.05) is 12.3 Å². The predicted octanol–water partition coefficient (Wildman–Crippen LogP) is 1.65. The zero-order valence-corrected chi connectivity index (χ0v) is 14.9. The van der Waals surface area contributed by atoms with Gasteiger partial charge in [-0.3, -0.25) is 13.9 Å². The normalized spacial score (nSPS) is 15.0. The second kappa shape index (κ2) is 6.80. The summed E-state index contributed by atoms with van der Waals surface area (Å²) in [7, 11) is 1.48. The maximum Gasteiger partial charge on any atom is 0.332 e. The van der Waals surface area contributed by atoms with E-state index in [1.165, 1.54) is 42.2 Å². The summed E-state index contributed by atoms with van der Waals surface area (Å²) in [5.74, 6) is 0.209. The highest BCUT2D eigenvalue weighted by molar-refractivity contribution is 7.14. The molecule has 2 aromatic rings. The molecule has 0 aromatic carbocycles. The third-order valence-electron chi connectivity index (χ3n) is 4.41. The quantitative estimate of drug-likeness (QED) is 0.907. The van der Waals surface area contributed by atoms with Crippen LogP contribution in [0.2, 0.25) is 0 Å². The Morgan fingerprint density at radius 2 is 1.96 bits per heavy atom. The Kier molecular flexibility index (Phi) is 4.75. The summed E-state index contributed by atoms with van der Waals surface area (Å²) in [5.41, 5.74) is 6.27. The summed E-state index contributed by atoms with van der Waals surface area (Å²) in [6.45, 7) is 4.44. The highest BCUT2D eigenvalue weighted by Gasteiger charge is 2.21. The fraction of sp³-hybridized carbons (Fsp3) is 0.562. The number of aromatic nitrogens is 3. The number of piperidine rings is 1. The Balaban J connectivity index is 2.08. The van der Waals surface area contributed by atoms with Crippen molar-refractivity contribution in [3.8, 4) is 11.3 Å². The zero-order chi connectivity index (χ0) is 17.3. The summed E-state index contributed by atoms with van der Waals surface area (Å²) >= 11 is 1.52. The molecule has 0 spiro atoms. The van der Waals surface area contributed by atoms with Crippen LogP contribution < -0.4 is 21.9 Å². The molecule has 0 bridgehead atoms. The van der Waals surface area contributed by atoms with Gasteiger partial charge in [-0.05, 0) is 25.7 Å². The number of nitrogens with two attached hydrogens (primary N) is 1. The van der Waals surface area contributed by atoms with Gasteiger partial charge < -0.3 is 10.6 Å². The molecule has 0 aliphatic carbocycles. The van der Waals surface area contributed by atoms with E-state index in [2.05, 4.69) is 9.88 Å². The molecule has 0 unspecified atom stereocenters. The minimum Gasteiger partial charge on any atom is -0.384 e. The fourth-order valence-corrected chi connectivity index (χ4v) is 3.94. The topological polar surface area (TPSA) is 86.2 Å². The number of hydrogen-bond acceptors (Lipinski definition) is 6. The maximum atomic E-state index is 12.6. The van der Waals surface area contributed by atoms with Gasteiger partial charge in [-0.15, -0.1) is 11.3 Å². The molecular weight excluding hydrogens is 326 g/mol. The average molecular weight is 349 g/mol. The van der Waals surface area contributed by atoms with Crippen LogP contribution in [-0.2, 0) is 13.6 Å². The number of thiazole rings is 1. The number of hydrogen-bond donors (Lipinski definition) is 1. The van der Waals surface area contributed by atoms with Crippen LogP contribution in [-0.4, -0.2) is 27.2 Å². The van der Waals surface area contributed by atoms with Gasteiger partial charge in [0.25, 0.3) is 5.56 Å². The molecule has 3 heterocycles. The van der Waals surface area contributed by atoms with Gasteiger partial charge in [0, 0.05) is 32.1 Å². The molecule has 24 heavy (non-hydrogen) atoms. The first-order valence-corrected chi connectivity index (χ1v) is 9.22. The molecule has 1 aliphatic rings. The molecule has 1 saturated heterocycles. The van der Waals surface area contributed by atoms with E-state index in [1.54, 1.807) is 0 Å². The minimum atomic E-state index is -0.389. The number of anilines is 2. The second-order valence-electron chi connectivity index (χ2n) is 6.12. The Morgan fingerprint density at radius 3 is 2.62 bits per heavy atom. The smallest absolute Gasteiger partial charge is 0.332 e. The van der Waals surface area contributed by atoms with Crippen LogP contribution >= 0.6 is 11.3 Å². The molecule has 0 saturated carbocycles. The Labute approximate surface area is 144 Å². The lowest BCUT2D eigenvalue weighted by molar-refractivity contribution is 0.577. The van der Waals surface area contributed by atoms with E-state index >= 15 is 0 Å². The molecule has 7 nitrogen and oxygen atoms in total. The molecule has 0 atom stereocenters. The first-order valence-electron chi connectivity index (χ1n) is 8.34. The van der Waals surface area contributed by atoms with Crippen LogP contribution in [0.25, 0.3) is 11.3 Å². The summed E-state index contributed by atoms with van der Waals surface area (Å²) in [6, 6.07) is 0. The average Bonchev–Trinajstić information content (AvgIpc) is 3.07. The summed E-state index contributed by atoms with van der Waals surface area (Å²) in [6.07, 6.45) is 4.35. The van der Waals surface area contributed by atoms with Crippen LogP contribution in [0.1, 0.15) is 32.6 Å². The van der Waals surface area contributed by atoms with Gasteiger partial charge in [0.1, 0.15) is 11.4 Å². The van der Waals surface area contributed by atoms with Crippen molar-refractivity contribution in [2.75, 3.05) is 23.7 Å². The molecule has 1 aliphatic heterocycles. The maximum absolute atomic E-state index is 12.6. The lowest BCUT2D eigenvalue weighted by Crippen LogP contribution is -2.40. The number of nitrogen functional groups attached to an aromatic ring is 1. The third-order valence-corrected chi connectivity index (χ3v) is 5.31. The van der Waals surface area contributed by atoms with Crippen molar-refractivity contribution in [2.24, 2.45) is 7.05 Å². The van der Waals surface area contributed by atoms with Crippen LogP contribution in [0, 0.1) is 0 Å². The van der Waals surface area contributed by atoms with Crippen molar-refractivity contribution in [1.82, 2.24) is 14.1 Å². The van der Waals surface area contributed by atoms with E-state index < -0.39 is 0 Å². The van der Waals surface area contributed by atoms with Crippen LogP contribution in [0.5, 0.6) is 0 Å². The van der Waals surface area contributed by atoms with Crippen LogP contribution in [0.15, 0.2) is 15.0 Å². The van der Waals surface area contributed by atoms with Crippen molar-refractivity contribution in [1.29, 1.82) is 0 Å². The molecule has 2 aromatic heterocycles. The third kappa shape index (κ3) is 2.86. The lowest BCUT2D eigenvalue weighted by Gasteiger charge is -2.25. The van der Waals surface area contributed by atoms with Gasteiger partial charge in [-0.2, -0.15) is 0 Å². The molecule has 130 valence electrons. The highest BCUT2D eigenvalue weighted by Crippen LogP contribution is 2.29. The molecular formula is C16H23N5O2S. The van der Waals surface area contributed by atoms with Gasteiger partial charge in [0.2, 0.25) is 0 Å². The Morgan fingerprint density at radius 1 is 1.25 bits per heavy atom. The van der Waals surface area contributed by atoms with Crippen molar-refractivity contribution in [3.05, 3.63) is 26.2 Å². The Bertz CT molecular complexity index is 845. The Hall–Kier alpha value is -2.09. The monoisotopic (exact) mass is 349 g/mol. The number of rotatable bonds is 4. The molecule has 1 fully saturated rings. The summed E-state index contributed by atoms with van der Waals surface area (Å²) < 4.78 is 2.57. The largest absolute Gasteiger partial charge is 0.384 e. The van der Waals surface area contributed by atoms with Gasteiger partial charge in [-0.1, -0.05) is 6.92 Å². The first-order chi connectivity index (χ1) is 11.5. The highest BCUT2D eigenvalue weighted by atomic mass is 32.1. The fourth-order valence-electron chi connectivity index (χ4n) is 3.07. The second-order valence-corrected chi connectivity index (χ2v) is 6.96. The SMILES string of the molecule is CCCn1c(N)c(-c2csc(N3CCCCC3)n2)c(=O)n(C)c1=O. The van der Waals surface area contributed by atoms with Gasteiger partial charge in [-0.25, -0.2) is 9.78 Å². The van der Waals surface area contributed by atoms with Gasteiger partial charge >= 0.3 is 5.69 Å².